The van der Waals surface area contributed by atoms with E-state index in [2.05, 4.69) is 19.7 Å². The highest BCUT2D eigenvalue weighted by atomic mass is 35.5. The second kappa shape index (κ2) is 5.63. The number of aromatic amines is 1. The second-order valence-electron chi connectivity index (χ2n) is 3.55. The van der Waals surface area contributed by atoms with Crippen LogP contribution in [0.2, 0.25) is 5.02 Å². The molecule has 0 aliphatic rings. The maximum atomic E-state index is 12.1. The maximum Gasteiger partial charge on any atom is 0.387 e. The Labute approximate surface area is 117 Å². The molecule has 1 heterocycles. The zero-order chi connectivity index (χ0) is 14.8. The number of rotatable bonds is 5. The summed E-state index contributed by atoms with van der Waals surface area (Å²) in [6.07, 6.45) is 1.37. The second-order valence-corrected chi connectivity index (χ2v) is 5.64. The van der Waals surface area contributed by atoms with Gasteiger partial charge >= 0.3 is 6.61 Å². The van der Waals surface area contributed by atoms with E-state index in [0.717, 1.165) is 18.2 Å². The van der Waals surface area contributed by atoms with Crippen molar-refractivity contribution in [2.24, 2.45) is 0 Å². The van der Waals surface area contributed by atoms with Crippen molar-refractivity contribution in [3.05, 3.63) is 35.5 Å². The van der Waals surface area contributed by atoms with Crippen LogP contribution in [0.3, 0.4) is 0 Å². The molecule has 0 fully saturated rings. The monoisotopic (exact) mass is 323 g/mol. The van der Waals surface area contributed by atoms with Crippen molar-refractivity contribution in [3.63, 3.8) is 0 Å². The van der Waals surface area contributed by atoms with E-state index in [4.69, 9.17) is 11.6 Å². The number of ether oxygens (including phenoxy) is 1. The van der Waals surface area contributed by atoms with Crippen LogP contribution in [-0.2, 0) is 10.0 Å². The minimum Gasteiger partial charge on any atom is -0.433 e. The lowest BCUT2D eigenvalue weighted by Gasteiger charge is -2.09. The lowest BCUT2D eigenvalue weighted by atomic mass is 10.3. The van der Waals surface area contributed by atoms with E-state index < -0.39 is 16.6 Å². The van der Waals surface area contributed by atoms with Crippen LogP contribution < -0.4 is 9.46 Å². The molecule has 0 atom stereocenters. The van der Waals surface area contributed by atoms with Crippen LogP contribution in [-0.4, -0.2) is 25.2 Å². The zero-order valence-electron chi connectivity index (χ0n) is 9.68. The first-order chi connectivity index (χ1) is 9.38. The molecule has 0 saturated carbocycles. The zero-order valence-corrected chi connectivity index (χ0v) is 11.3. The minimum absolute atomic E-state index is 0.161. The van der Waals surface area contributed by atoms with Gasteiger partial charge in [-0.3, -0.25) is 9.82 Å². The lowest BCUT2D eigenvalue weighted by Crippen LogP contribution is -2.13. The van der Waals surface area contributed by atoms with Crippen molar-refractivity contribution < 1.29 is 21.9 Å². The summed E-state index contributed by atoms with van der Waals surface area (Å²) in [5, 5.41) is 5.76. The molecule has 108 valence electrons. The molecule has 0 unspecified atom stereocenters. The van der Waals surface area contributed by atoms with Crippen molar-refractivity contribution in [1.29, 1.82) is 0 Å². The highest BCUT2D eigenvalue weighted by molar-refractivity contribution is 7.92. The number of hydrogen-bond acceptors (Lipinski definition) is 4. The molecular formula is C10H8ClF2N3O3S. The third-order valence-electron chi connectivity index (χ3n) is 2.17. The number of nitrogens with one attached hydrogen (secondary N) is 2. The summed E-state index contributed by atoms with van der Waals surface area (Å²) in [7, 11) is -3.90. The van der Waals surface area contributed by atoms with Gasteiger partial charge in [0, 0.05) is 6.07 Å². The molecule has 0 amide bonds. The number of halogens is 3. The number of alkyl halides is 2. The van der Waals surface area contributed by atoms with Crippen molar-refractivity contribution in [2.75, 3.05) is 4.72 Å². The number of H-pyrrole nitrogens is 1. The molecule has 0 aliphatic carbocycles. The Morgan fingerprint density at radius 3 is 2.65 bits per heavy atom. The predicted octanol–water partition coefficient (Wildman–Crippen LogP) is 2.47. The van der Waals surface area contributed by atoms with Gasteiger partial charge in [-0.05, 0) is 18.2 Å². The molecule has 0 bridgehead atoms. The Kier molecular flexibility index (Phi) is 4.09. The molecule has 0 aliphatic heterocycles. The van der Waals surface area contributed by atoms with Gasteiger partial charge in [0.2, 0.25) is 0 Å². The summed E-state index contributed by atoms with van der Waals surface area (Å²) in [4.78, 5) is -0.196. The van der Waals surface area contributed by atoms with Gasteiger partial charge in [-0.15, -0.1) is 0 Å². The molecule has 20 heavy (non-hydrogen) atoms. The molecule has 6 nitrogen and oxygen atoms in total. The highest BCUT2D eigenvalue weighted by Gasteiger charge is 2.18. The number of benzene rings is 1. The van der Waals surface area contributed by atoms with Crippen LogP contribution in [0.15, 0.2) is 35.4 Å². The predicted molar refractivity (Wildman–Crippen MR) is 67.5 cm³/mol. The van der Waals surface area contributed by atoms with Gasteiger partial charge in [0.05, 0.1) is 16.1 Å². The maximum absolute atomic E-state index is 12.1. The van der Waals surface area contributed by atoms with Crippen LogP contribution in [0, 0.1) is 0 Å². The molecule has 0 radical (unpaired) electrons. The van der Waals surface area contributed by atoms with Crippen molar-refractivity contribution >= 4 is 27.4 Å². The topological polar surface area (TPSA) is 84.1 Å². The number of anilines is 1. The first kappa shape index (κ1) is 14.5. The van der Waals surface area contributed by atoms with Gasteiger partial charge < -0.3 is 4.74 Å². The van der Waals surface area contributed by atoms with Gasteiger partial charge in [-0.1, -0.05) is 11.6 Å². The average molecular weight is 324 g/mol. The van der Waals surface area contributed by atoms with Gasteiger partial charge in [0.15, 0.2) is 0 Å². The summed E-state index contributed by atoms with van der Waals surface area (Å²) in [6, 6.07) is 4.57. The standard InChI is InChI=1S/C10H8ClF2N3O3S/c11-7-5-6(1-2-8(7)19-10(12)13)20(17,18)16-9-3-4-14-15-9/h1-5,10H,(H2,14,15,16). The summed E-state index contributed by atoms with van der Waals surface area (Å²) < 4.78 is 54.4. The fourth-order valence-corrected chi connectivity index (χ4v) is 2.69. The van der Waals surface area contributed by atoms with E-state index in [1.807, 2.05) is 0 Å². The quantitative estimate of drug-likeness (QED) is 0.885. The van der Waals surface area contributed by atoms with E-state index in [1.54, 1.807) is 0 Å². The Morgan fingerprint density at radius 1 is 1.35 bits per heavy atom. The van der Waals surface area contributed by atoms with Crippen molar-refractivity contribution in [2.45, 2.75) is 11.5 Å². The first-order valence-electron chi connectivity index (χ1n) is 5.15. The van der Waals surface area contributed by atoms with E-state index >= 15 is 0 Å². The molecule has 1 aromatic heterocycles. The molecule has 2 aromatic rings. The van der Waals surface area contributed by atoms with Gasteiger partial charge in [0.1, 0.15) is 11.6 Å². The fourth-order valence-electron chi connectivity index (χ4n) is 1.36. The molecule has 2 rings (SSSR count). The number of hydrogen-bond donors (Lipinski definition) is 2. The Balaban J connectivity index is 2.26. The van der Waals surface area contributed by atoms with Crippen molar-refractivity contribution in [3.8, 4) is 5.75 Å². The first-order valence-corrected chi connectivity index (χ1v) is 7.01. The average Bonchev–Trinajstić information content (AvgIpc) is 2.83. The Morgan fingerprint density at radius 2 is 2.10 bits per heavy atom. The van der Waals surface area contributed by atoms with Gasteiger partial charge in [-0.25, -0.2) is 8.42 Å². The molecule has 10 heteroatoms. The molecule has 0 saturated heterocycles. The van der Waals surface area contributed by atoms with Crippen LogP contribution >= 0.6 is 11.6 Å². The largest absolute Gasteiger partial charge is 0.433 e. The van der Waals surface area contributed by atoms with Crippen LogP contribution in [0.1, 0.15) is 0 Å². The molecule has 1 aromatic carbocycles. The SMILES string of the molecule is O=S(=O)(Nc1ccn[nH]1)c1ccc(OC(F)F)c(Cl)c1. The van der Waals surface area contributed by atoms with E-state index in [1.165, 1.54) is 12.3 Å². The summed E-state index contributed by atoms with van der Waals surface area (Å²) in [5.41, 5.74) is 0. The third kappa shape index (κ3) is 3.36. The fraction of sp³-hybridized carbons (Fsp3) is 0.100. The van der Waals surface area contributed by atoms with E-state index in [9.17, 15) is 17.2 Å². The summed E-state index contributed by atoms with van der Waals surface area (Å²) in [6.45, 7) is -3.04. The molecule has 2 N–H and O–H groups in total. The number of aromatic nitrogens is 2. The van der Waals surface area contributed by atoms with Crippen LogP contribution in [0.25, 0.3) is 0 Å². The normalized spacial score (nSPS) is 11.6. The summed E-state index contributed by atoms with van der Waals surface area (Å²) in [5.74, 6) is -0.142. The molecular weight excluding hydrogens is 316 g/mol. The highest BCUT2D eigenvalue weighted by Crippen LogP contribution is 2.29. The minimum atomic E-state index is -3.90. The third-order valence-corrected chi connectivity index (χ3v) is 3.83. The Bertz CT molecular complexity index is 692. The van der Waals surface area contributed by atoms with E-state index in [-0.39, 0.29) is 21.5 Å². The van der Waals surface area contributed by atoms with Crippen LogP contribution in [0.4, 0.5) is 14.6 Å². The summed E-state index contributed by atoms with van der Waals surface area (Å²) >= 11 is 5.69. The Hall–Kier alpha value is -1.87. The van der Waals surface area contributed by atoms with Gasteiger partial charge in [0.25, 0.3) is 10.0 Å². The van der Waals surface area contributed by atoms with Gasteiger partial charge in [-0.2, -0.15) is 13.9 Å². The van der Waals surface area contributed by atoms with Crippen LogP contribution in [0.5, 0.6) is 5.75 Å². The van der Waals surface area contributed by atoms with Crippen molar-refractivity contribution in [1.82, 2.24) is 10.2 Å². The number of sulfonamides is 1. The van der Waals surface area contributed by atoms with E-state index in [0.29, 0.717) is 0 Å². The smallest absolute Gasteiger partial charge is 0.387 e. The molecule has 0 spiro atoms. The number of nitrogens with zero attached hydrogens (tertiary/aromatic N) is 1. The lowest BCUT2D eigenvalue weighted by molar-refractivity contribution is -0.0498.